The minimum absolute atomic E-state index is 0.0831. The largest absolute Gasteiger partial charge is 0.394 e. The van der Waals surface area contributed by atoms with Gasteiger partial charge in [-0.15, -0.1) is 0 Å². The van der Waals surface area contributed by atoms with Crippen molar-refractivity contribution in [3.05, 3.63) is 33.1 Å². The first-order chi connectivity index (χ1) is 10.9. The summed E-state index contributed by atoms with van der Waals surface area (Å²) in [6.07, 6.45) is -1.14. The van der Waals surface area contributed by atoms with E-state index in [4.69, 9.17) is 10.5 Å². The van der Waals surface area contributed by atoms with Gasteiger partial charge in [0, 0.05) is 31.8 Å². The van der Waals surface area contributed by atoms with Crippen LogP contribution in [-0.4, -0.2) is 57.6 Å². The summed E-state index contributed by atoms with van der Waals surface area (Å²) in [5.74, 6) is -0.431. The Morgan fingerprint density at radius 2 is 2.30 bits per heavy atom. The van der Waals surface area contributed by atoms with Gasteiger partial charge in [0.1, 0.15) is 6.10 Å². The third-order valence-corrected chi connectivity index (χ3v) is 3.67. The number of carbonyl (C=O) groups excluding carboxylic acids is 1. The zero-order valence-electron chi connectivity index (χ0n) is 12.4. The standard InChI is InChI=1S/C13H20N4O6/c14-2-3-15-11(21)6-13(5-8(19)9(7-18)23-13)17-4-1-10(20)16-12(17)22/h1,4,8-9,18-19H,2-3,5-7,14H2,(H,15,21)(H,16,20,22)/t8-,9+,13-/m0/s1. The lowest BCUT2D eigenvalue weighted by molar-refractivity contribution is -0.145. The Balaban J connectivity index is 2.38. The number of hydrogen-bond acceptors (Lipinski definition) is 7. The topological polar surface area (TPSA) is 160 Å². The van der Waals surface area contributed by atoms with E-state index in [2.05, 4.69) is 10.3 Å². The van der Waals surface area contributed by atoms with Gasteiger partial charge in [-0.25, -0.2) is 4.79 Å². The molecule has 0 saturated carbocycles. The van der Waals surface area contributed by atoms with Crippen LogP contribution in [0.3, 0.4) is 0 Å². The fraction of sp³-hybridized carbons (Fsp3) is 0.615. The van der Waals surface area contributed by atoms with Gasteiger partial charge in [0.2, 0.25) is 5.91 Å². The molecular weight excluding hydrogens is 308 g/mol. The van der Waals surface area contributed by atoms with Crippen LogP contribution in [0.4, 0.5) is 0 Å². The van der Waals surface area contributed by atoms with E-state index in [1.165, 1.54) is 6.20 Å². The number of aliphatic hydroxyl groups is 2. The Morgan fingerprint density at radius 3 is 2.87 bits per heavy atom. The molecule has 0 bridgehead atoms. The van der Waals surface area contributed by atoms with E-state index < -0.39 is 41.7 Å². The molecule has 0 aliphatic carbocycles. The maximum Gasteiger partial charge on any atom is 0.330 e. The molecule has 6 N–H and O–H groups in total. The molecule has 128 valence electrons. The second-order valence-electron chi connectivity index (χ2n) is 5.35. The quantitative estimate of drug-likeness (QED) is 0.367. The van der Waals surface area contributed by atoms with Crippen LogP contribution in [0.1, 0.15) is 12.8 Å². The molecule has 0 aromatic carbocycles. The van der Waals surface area contributed by atoms with E-state index in [0.29, 0.717) is 0 Å². The monoisotopic (exact) mass is 328 g/mol. The molecule has 23 heavy (non-hydrogen) atoms. The van der Waals surface area contributed by atoms with Gasteiger partial charge in [0.05, 0.1) is 19.1 Å². The van der Waals surface area contributed by atoms with Gasteiger partial charge >= 0.3 is 5.69 Å². The van der Waals surface area contributed by atoms with Gasteiger partial charge < -0.3 is 26.0 Å². The molecule has 2 heterocycles. The van der Waals surface area contributed by atoms with Gasteiger partial charge in [-0.05, 0) is 0 Å². The third kappa shape index (κ3) is 3.67. The Hall–Kier alpha value is -2.01. The summed E-state index contributed by atoms with van der Waals surface area (Å²) in [5.41, 5.74) is 2.47. The highest BCUT2D eigenvalue weighted by atomic mass is 16.6. The number of hydrogen-bond donors (Lipinski definition) is 5. The fourth-order valence-electron chi connectivity index (χ4n) is 2.64. The molecule has 0 unspecified atom stereocenters. The summed E-state index contributed by atoms with van der Waals surface area (Å²) < 4.78 is 6.67. The number of aliphatic hydroxyl groups excluding tert-OH is 2. The Kier molecular flexibility index (Phi) is 5.31. The van der Waals surface area contributed by atoms with E-state index in [0.717, 1.165) is 10.6 Å². The zero-order chi connectivity index (χ0) is 17.0. The summed E-state index contributed by atoms with van der Waals surface area (Å²) in [6, 6.07) is 1.11. The SMILES string of the molecule is NCCNC(=O)C[C@]1(n2ccc(=O)[nH]c2=O)C[C@H](O)[C@@H](CO)O1. The van der Waals surface area contributed by atoms with Crippen molar-refractivity contribution in [2.24, 2.45) is 5.73 Å². The lowest BCUT2D eigenvalue weighted by Gasteiger charge is -2.30. The summed E-state index contributed by atoms with van der Waals surface area (Å²) in [4.78, 5) is 37.4. The molecule has 10 nitrogen and oxygen atoms in total. The van der Waals surface area contributed by atoms with Gasteiger partial charge in [-0.3, -0.25) is 19.1 Å². The van der Waals surface area contributed by atoms with Crippen molar-refractivity contribution in [1.82, 2.24) is 14.9 Å². The highest BCUT2D eigenvalue weighted by Gasteiger charge is 2.49. The zero-order valence-corrected chi connectivity index (χ0v) is 12.4. The number of rotatable bonds is 6. The molecule has 1 aromatic rings. The van der Waals surface area contributed by atoms with Crippen LogP contribution in [0.2, 0.25) is 0 Å². The first kappa shape index (κ1) is 17.3. The van der Waals surface area contributed by atoms with Gasteiger partial charge in [0.25, 0.3) is 5.56 Å². The van der Waals surface area contributed by atoms with Crippen LogP contribution < -0.4 is 22.3 Å². The first-order valence-corrected chi connectivity index (χ1v) is 7.18. The van der Waals surface area contributed by atoms with Crippen LogP contribution in [0.15, 0.2) is 21.9 Å². The molecule has 0 radical (unpaired) electrons. The van der Waals surface area contributed by atoms with Crippen molar-refractivity contribution in [3.63, 3.8) is 0 Å². The van der Waals surface area contributed by atoms with Crippen molar-refractivity contribution in [2.45, 2.75) is 30.8 Å². The molecule has 1 aliphatic heterocycles. The molecule has 10 heteroatoms. The number of aromatic nitrogens is 2. The van der Waals surface area contributed by atoms with E-state index in [1.807, 2.05) is 0 Å². The summed E-state index contributed by atoms with van der Waals surface area (Å²) in [6.45, 7) is 0.0347. The lowest BCUT2D eigenvalue weighted by atomic mass is 10.0. The molecule has 1 saturated heterocycles. The van der Waals surface area contributed by atoms with E-state index in [-0.39, 0.29) is 25.9 Å². The molecule has 1 fully saturated rings. The van der Waals surface area contributed by atoms with E-state index in [9.17, 15) is 24.6 Å². The number of nitrogens with one attached hydrogen (secondary N) is 2. The van der Waals surface area contributed by atoms with Crippen LogP contribution in [0, 0.1) is 0 Å². The average Bonchev–Trinajstić information content (AvgIpc) is 2.81. The smallest absolute Gasteiger partial charge is 0.330 e. The Bertz CT molecular complexity index is 671. The maximum absolute atomic E-state index is 12.1. The minimum Gasteiger partial charge on any atom is -0.394 e. The average molecular weight is 328 g/mol. The number of nitrogens with two attached hydrogens (primary N) is 1. The van der Waals surface area contributed by atoms with Crippen molar-refractivity contribution < 1.29 is 19.7 Å². The number of aromatic amines is 1. The Morgan fingerprint density at radius 1 is 1.57 bits per heavy atom. The van der Waals surface area contributed by atoms with Crippen molar-refractivity contribution in [3.8, 4) is 0 Å². The second-order valence-corrected chi connectivity index (χ2v) is 5.35. The lowest BCUT2D eigenvalue weighted by Crippen LogP contribution is -2.47. The Labute approximate surface area is 130 Å². The van der Waals surface area contributed by atoms with Gasteiger partial charge in [-0.1, -0.05) is 0 Å². The molecule has 3 atom stereocenters. The van der Waals surface area contributed by atoms with Crippen molar-refractivity contribution >= 4 is 5.91 Å². The maximum atomic E-state index is 12.1. The highest BCUT2D eigenvalue weighted by molar-refractivity contribution is 5.76. The molecule has 1 aliphatic rings. The van der Waals surface area contributed by atoms with Gasteiger partial charge in [-0.2, -0.15) is 0 Å². The number of ether oxygens (including phenoxy) is 1. The summed E-state index contributed by atoms with van der Waals surface area (Å²) >= 11 is 0. The predicted molar refractivity (Wildman–Crippen MR) is 78.6 cm³/mol. The molecule has 0 spiro atoms. The molecular formula is C13H20N4O6. The number of amides is 1. The number of nitrogens with zero attached hydrogens (tertiary/aromatic N) is 1. The van der Waals surface area contributed by atoms with Crippen LogP contribution in [0.5, 0.6) is 0 Å². The first-order valence-electron chi connectivity index (χ1n) is 7.18. The summed E-state index contributed by atoms with van der Waals surface area (Å²) in [5, 5.41) is 21.8. The molecule has 1 amide bonds. The molecule has 1 aromatic heterocycles. The third-order valence-electron chi connectivity index (χ3n) is 3.67. The second kappa shape index (κ2) is 7.04. The van der Waals surface area contributed by atoms with E-state index in [1.54, 1.807) is 0 Å². The number of carbonyl (C=O) groups is 1. The molecule has 2 rings (SSSR count). The minimum atomic E-state index is -1.49. The van der Waals surface area contributed by atoms with Crippen LogP contribution in [-0.2, 0) is 15.3 Å². The summed E-state index contributed by atoms with van der Waals surface area (Å²) in [7, 11) is 0. The number of H-pyrrole nitrogens is 1. The predicted octanol–water partition coefficient (Wildman–Crippen LogP) is -3.20. The normalized spacial score (nSPS) is 27.1. The van der Waals surface area contributed by atoms with E-state index >= 15 is 0 Å². The van der Waals surface area contributed by atoms with Crippen LogP contribution in [0.25, 0.3) is 0 Å². The van der Waals surface area contributed by atoms with Gasteiger partial charge in [0.15, 0.2) is 5.72 Å². The highest BCUT2D eigenvalue weighted by Crippen LogP contribution is 2.36. The van der Waals surface area contributed by atoms with Crippen molar-refractivity contribution in [2.75, 3.05) is 19.7 Å². The van der Waals surface area contributed by atoms with Crippen molar-refractivity contribution in [1.29, 1.82) is 0 Å². The fourth-order valence-corrected chi connectivity index (χ4v) is 2.64. The van der Waals surface area contributed by atoms with Crippen LogP contribution >= 0.6 is 0 Å².